The minimum atomic E-state index is -0.397. The van der Waals surface area contributed by atoms with Gasteiger partial charge < -0.3 is 14.4 Å². The molecule has 4 rings (SSSR count). The molecule has 0 spiro atoms. The number of rotatable bonds is 3. The average molecular weight is 356 g/mol. The van der Waals surface area contributed by atoms with E-state index in [1.165, 1.54) is 23.8 Å². The number of amides is 1. The highest BCUT2D eigenvalue weighted by molar-refractivity contribution is 5.97. The number of hydrogen-bond acceptors (Lipinski definition) is 4. The molecule has 0 aromatic heterocycles. The highest BCUT2D eigenvalue weighted by Crippen LogP contribution is 2.31. The quantitative estimate of drug-likeness (QED) is 0.848. The van der Waals surface area contributed by atoms with E-state index in [1.54, 1.807) is 19.1 Å². The summed E-state index contributed by atoms with van der Waals surface area (Å²) in [5, 5.41) is 0. The minimum Gasteiger partial charge on any atom is -0.497 e. The van der Waals surface area contributed by atoms with Gasteiger partial charge in [-0.1, -0.05) is 12.1 Å². The van der Waals surface area contributed by atoms with E-state index in [9.17, 15) is 9.18 Å². The number of fused-ring (bicyclic) bond motifs is 2. The standard InChI is InChI=1S/C20H21FN2O3/c1-22-17-11-23(10-13-3-6-15(25-2)7-4-13)12-19(17)26-18-9-14(21)5-8-16(18)20(22)24/h3-9,17,19H,10-12H2,1-2H3. The van der Waals surface area contributed by atoms with Gasteiger partial charge >= 0.3 is 0 Å². The first kappa shape index (κ1) is 16.8. The van der Waals surface area contributed by atoms with Crippen molar-refractivity contribution in [1.82, 2.24) is 9.80 Å². The van der Waals surface area contributed by atoms with E-state index in [4.69, 9.17) is 9.47 Å². The maximum Gasteiger partial charge on any atom is 0.257 e. The summed E-state index contributed by atoms with van der Waals surface area (Å²) in [4.78, 5) is 16.7. The molecule has 0 saturated carbocycles. The van der Waals surface area contributed by atoms with Gasteiger partial charge in [-0.25, -0.2) is 4.39 Å². The second-order valence-electron chi connectivity index (χ2n) is 6.82. The Morgan fingerprint density at radius 1 is 1.19 bits per heavy atom. The number of ether oxygens (including phenoxy) is 2. The lowest BCUT2D eigenvalue weighted by atomic mass is 10.1. The summed E-state index contributed by atoms with van der Waals surface area (Å²) >= 11 is 0. The molecule has 2 aliphatic rings. The molecule has 0 N–H and O–H groups in total. The molecule has 2 aliphatic heterocycles. The summed E-state index contributed by atoms with van der Waals surface area (Å²) in [6.07, 6.45) is -0.176. The first-order valence-electron chi connectivity index (χ1n) is 8.64. The SMILES string of the molecule is COc1ccc(CN2CC3Oc4cc(F)ccc4C(=O)N(C)C3C2)cc1. The smallest absolute Gasteiger partial charge is 0.257 e. The summed E-state index contributed by atoms with van der Waals surface area (Å²) in [5.74, 6) is 0.637. The normalized spacial score (nSPS) is 22.4. The Morgan fingerprint density at radius 3 is 2.69 bits per heavy atom. The van der Waals surface area contributed by atoms with Crippen molar-refractivity contribution in [3.63, 3.8) is 0 Å². The van der Waals surface area contributed by atoms with Crippen molar-refractivity contribution in [1.29, 1.82) is 0 Å². The maximum absolute atomic E-state index is 13.6. The van der Waals surface area contributed by atoms with E-state index < -0.39 is 5.82 Å². The lowest BCUT2D eigenvalue weighted by Crippen LogP contribution is -2.44. The van der Waals surface area contributed by atoms with Crippen LogP contribution >= 0.6 is 0 Å². The fourth-order valence-corrected chi connectivity index (χ4v) is 3.71. The molecule has 1 saturated heterocycles. The second kappa shape index (κ2) is 6.61. The van der Waals surface area contributed by atoms with E-state index in [0.717, 1.165) is 18.8 Å². The molecule has 6 heteroatoms. The van der Waals surface area contributed by atoms with Crippen LogP contribution in [-0.4, -0.2) is 55.1 Å². The van der Waals surface area contributed by atoms with Gasteiger partial charge in [-0.15, -0.1) is 0 Å². The zero-order valence-electron chi connectivity index (χ0n) is 14.8. The van der Waals surface area contributed by atoms with E-state index in [2.05, 4.69) is 4.90 Å². The lowest BCUT2D eigenvalue weighted by Gasteiger charge is -2.25. The average Bonchev–Trinajstić information content (AvgIpc) is 3.00. The highest BCUT2D eigenvalue weighted by atomic mass is 19.1. The Balaban J connectivity index is 1.53. The lowest BCUT2D eigenvalue weighted by molar-refractivity contribution is 0.0682. The van der Waals surface area contributed by atoms with E-state index in [1.807, 2.05) is 24.3 Å². The zero-order chi connectivity index (χ0) is 18.3. The predicted octanol–water partition coefficient (Wildman–Crippen LogP) is 2.55. The molecule has 2 unspecified atom stereocenters. The van der Waals surface area contributed by atoms with Crippen LogP contribution in [-0.2, 0) is 6.54 Å². The molecule has 2 atom stereocenters. The van der Waals surface area contributed by atoms with Crippen LogP contribution in [0.15, 0.2) is 42.5 Å². The Bertz CT molecular complexity index is 824. The number of likely N-dealkylation sites (N-methyl/N-ethyl adjacent to an activating group) is 1. The number of hydrogen-bond donors (Lipinski definition) is 0. The third-order valence-corrected chi connectivity index (χ3v) is 5.15. The van der Waals surface area contributed by atoms with Crippen LogP contribution in [0.5, 0.6) is 11.5 Å². The van der Waals surface area contributed by atoms with Crippen LogP contribution in [0.3, 0.4) is 0 Å². The van der Waals surface area contributed by atoms with Crippen molar-refractivity contribution in [2.24, 2.45) is 0 Å². The molecule has 5 nitrogen and oxygen atoms in total. The summed E-state index contributed by atoms with van der Waals surface area (Å²) in [6.45, 7) is 2.16. The van der Waals surface area contributed by atoms with Gasteiger partial charge in [-0.05, 0) is 29.8 Å². The maximum atomic E-state index is 13.6. The fraction of sp³-hybridized carbons (Fsp3) is 0.350. The molecule has 0 aliphatic carbocycles. The molecule has 2 aromatic rings. The largest absolute Gasteiger partial charge is 0.497 e. The summed E-state index contributed by atoms with van der Waals surface area (Å²) in [5.41, 5.74) is 1.59. The van der Waals surface area contributed by atoms with Crippen molar-refractivity contribution in [2.45, 2.75) is 18.7 Å². The van der Waals surface area contributed by atoms with Crippen molar-refractivity contribution >= 4 is 5.91 Å². The van der Waals surface area contributed by atoms with Gasteiger partial charge in [0.05, 0.1) is 18.7 Å². The van der Waals surface area contributed by atoms with Gasteiger partial charge in [0.1, 0.15) is 23.4 Å². The Morgan fingerprint density at radius 2 is 1.96 bits per heavy atom. The number of likely N-dealkylation sites (tertiary alicyclic amines) is 1. The summed E-state index contributed by atoms with van der Waals surface area (Å²) < 4.78 is 24.8. The van der Waals surface area contributed by atoms with Crippen molar-refractivity contribution in [2.75, 3.05) is 27.2 Å². The topological polar surface area (TPSA) is 42.0 Å². The van der Waals surface area contributed by atoms with Crippen LogP contribution in [0.4, 0.5) is 4.39 Å². The number of halogens is 1. The minimum absolute atomic E-state index is 0.0591. The van der Waals surface area contributed by atoms with Gasteiger partial charge in [0.15, 0.2) is 0 Å². The molecule has 1 fully saturated rings. The third-order valence-electron chi connectivity index (χ3n) is 5.15. The molecule has 0 bridgehead atoms. The fourth-order valence-electron chi connectivity index (χ4n) is 3.71. The van der Waals surface area contributed by atoms with Gasteiger partial charge in [-0.2, -0.15) is 0 Å². The van der Waals surface area contributed by atoms with Crippen molar-refractivity contribution in [3.8, 4) is 11.5 Å². The Kier molecular flexibility index (Phi) is 4.28. The predicted molar refractivity (Wildman–Crippen MR) is 95.0 cm³/mol. The third kappa shape index (κ3) is 3.01. The first-order chi connectivity index (χ1) is 12.5. The van der Waals surface area contributed by atoms with Gasteiger partial charge in [0, 0.05) is 32.7 Å². The number of carbonyl (C=O) groups is 1. The zero-order valence-corrected chi connectivity index (χ0v) is 14.8. The molecule has 136 valence electrons. The molecular weight excluding hydrogens is 335 g/mol. The molecule has 26 heavy (non-hydrogen) atoms. The van der Waals surface area contributed by atoms with E-state index >= 15 is 0 Å². The molecule has 0 radical (unpaired) electrons. The molecule has 2 heterocycles. The van der Waals surface area contributed by atoms with Crippen LogP contribution in [0.1, 0.15) is 15.9 Å². The van der Waals surface area contributed by atoms with Crippen LogP contribution in [0.2, 0.25) is 0 Å². The van der Waals surface area contributed by atoms with E-state index in [-0.39, 0.29) is 18.1 Å². The number of carbonyl (C=O) groups excluding carboxylic acids is 1. The van der Waals surface area contributed by atoms with Crippen molar-refractivity contribution in [3.05, 3.63) is 59.4 Å². The molecule has 1 amide bonds. The number of methoxy groups -OCH3 is 1. The van der Waals surface area contributed by atoms with Crippen LogP contribution < -0.4 is 9.47 Å². The van der Waals surface area contributed by atoms with Crippen LogP contribution in [0, 0.1) is 5.82 Å². The molecular formula is C20H21FN2O3. The van der Waals surface area contributed by atoms with Gasteiger partial charge in [0.2, 0.25) is 0 Å². The first-order valence-corrected chi connectivity index (χ1v) is 8.64. The number of benzene rings is 2. The molecule has 2 aromatic carbocycles. The van der Waals surface area contributed by atoms with E-state index in [0.29, 0.717) is 17.9 Å². The highest BCUT2D eigenvalue weighted by Gasteiger charge is 2.42. The summed E-state index contributed by atoms with van der Waals surface area (Å²) in [6, 6.07) is 12.0. The monoisotopic (exact) mass is 356 g/mol. The Hall–Kier alpha value is -2.60. The van der Waals surface area contributed by atoms with Crippen molar-refractivity contribution < 1.29 is 18.7 Å². The Labute approximate surface area is 151 Å². The summed E-state index contributed by atoms with van der Waals surface area (Å²) in [7, 11) is 3.44. The van der Waals surface area contributed by atoms with Gasteiger partial charge in [0.25, 0.3) is 5.91 Å². The number of nitrogens with zero attached hydrogens (tertiary/aromatic N) is 2. The second-order valence-corrected chi connectivity index (χ2v) is 6.82. The van der Waals surface area contributed by atoms with Crippen LogP contribution in [0.25, 0.3) is 0 Å². The van der Waals surface area contributed by atoms with Gasteiger partial charge in [-0.3, -0.25) is 9.69 Å².